The van der Waals surface area contributed by atoms with E-state index in [1.165, 1.54) is 6.92 Å². The molecule has 4 rings (SSSR count). The zero-order chi connectivity index (χ0) is 26.7. The maximum absolute atomic E-state index is 13.3. The molecule has 37 heavy (non-hydrogen) atoms. The smallest absolute Gasteiger partial charge is 0.244 e. The SMILES string of the molecule is CC(=O)N[C@H](Cn1ccc2ccccc21)C(=O)N[C@@H]1CCCC[C@@H]1C(=O)N[C@@H]1O[C@@H](C)[C@@H](O)[C@@H](O)[C@@H]1O. The Hall–Kier alpha value is -2.99. The van der Waals surface area contributed by atoms with E-state index in [1.54, 1.807) is 6.92 Å². The van der Waals surface area contributed by atoms with E-state index in [9.17, 15) is 29.7 Å². The molecular weight excluding hydrogens is 480 g/mol. The molecular formula is C26H36N4O7. The summed E-state index contributed by atoms with van der Waals surface area (Å²) in [7, 11) is 0. The number of nitrogens with zero attached hydrogens (tertiary/aromatic N) is 1. The predicted octanol–water partition coefficient (Wildman–Crippen LogP) is -0.235. The summed E-state index contributed by atoms with van der Waals surface area (Å²) < 4.78 is 7.41. The lowest BCUT2D eigenvalue weighted by atomic mass is 9.83. The van der Waals surface area contributed by atoms with Gasteiger partial charge in [-0.1, -0.05) is 31.0 Å². The van der Waals surface area contributed by atoms with E-state index in [0.717, 1.165) is 23.7 Å². The van der Waals surface area contributed by atoms with Crippen LogP contribution in [0.25, 0.3) is 10.9 Å². The molecule has 11 nitrogen and oxygen atoms in total. The first-order valence-electron chi connectivity index (χ1n) is 12.8. The van der Waals surface area contributed by atoms with Crippen LogP contribution < -0.4 is 16.0 Å². The highest BCUT2D eigenvalue weighted by atomic mass is 16.5. The molecule has 8 atom stereocenters. The summed E-state index contributed by atoms with van der Waals surface area (Å²) in [6.45, 7) is 3.12. The fraction of sp³-hybridized carbons (Fsp3) is 0.577. The zero-order valence-electron chi connectivity index (χ0n) is 21.0. The minimum atomic E-state index is -1.49. The molecule has 1 saturated carbocycles. The molecule has 2 aliphatic rings. The lowest BCUT2D eigenvalue weighted by Crippen LogP contribution is -2.63. The molecule has 1 saturated heterocycles. The van der Waals surface area contributed by atoms with E-state index < -0.39 is 60.5 Å². The molecule has 0 bridgehead atoms. The van der Waals surface area contributed by atoms with Gasteiger partial charge in [0.2, 0.25) is 17.7 Å². The monoisotopic (exact) mass is 516 g/mol. The van der Waals surface area contributed by atoms with Crippen molar-refractivity contribution in [1.82, 2.24) is 20.5 Å². The van der Waals surface area contributed by atoms with Crippen LogP contribution in [0.15, 0.2) is 36.5 Å². The van der Waals surface area contributed by atoms with Crippen molar-refractivity contribution >= 4 is 28.6 Å². The van der Waals surface area contributed by atoms with Crippen LogP contribution in [-0.2, 0) is 25.7 Å². The largest absolute Gasteiger partial charge is 0.388 e. The summed E-state index contributed by atoms with van der Waals surface area (Å²) in [6, 6.07) is 8.37. The summed E-state index contributed by atoms with van der Waals surface area (Å²) in [5.41, 5.74) is 0.938. The van der Waals surface area contributed by atoms with Crippen LogP contribution in [0.2, 0.25) is 0 Å². The molecule has 6 N–H and O–H groups in total. The van der Waals surface area contributed by atoms with Gasteiger partial charge in [-0.2, -0.15) is 0 Å². The van der Waals surface area contributed by atoms with Crippen LogP contribution in [0, 0.1) is 5.92 Å². The van der Waals surface area contributed by atoms with E-state index in [0.29, 0.717) is 12.8 Å². The van der Waals surface area contributed by atoms with Crippen LogP contribution in [0.3, 0.4) is 0 Å². The fourth-order valence-electron chi connectivity index (χ4n) is 5.25. The van der Waals surface area contributed by atoms with Gasteiger partial charge in [0.1, 0.15) is 24.4 Å². The summed E-state index contributed by atoms with van der Waals surface area (Å²) in [5, 5.41) is 39.6. The van der Waals surface area contributed by atoms with Crippen LogP contribution in [0.5, 0.6) is 0 Å². The Morgan fingerprint density at radius 3 is 2.51 bits per heavy atom. The van der Waals surface area contributed by atoms with Crippen molar-refractivity contribution in [2.45, 2.75) is 88.8 Å². The van der Waals surface area contributed by atoms with Gasteiger partial charge in [0.25, 0.3) is 0 Å². The molecule has 202 valence electrons. The van der Waals surface area contributed by atoms with E-state index in [-0.39, 0.29) is 12.5 Å². The average molecular weight is 517 g/mol. The molecule has 0 radical (unpaired) electrons. The lowest BCUT2D eigenvalue weighted by molar-refractivity contribution is -0.225. The Morgan fingerprint density at radius 2 is 1.76 bits per heavy atom. The Kier molecular flexibility index (Phi) is 8.48. The van der Waals surface area contributed by atoms with Gasteiger partial charge in [-0.15, -0.1) is 0 Å². The normalized spacial score (nSPS) is 30.9. The van der Waals surface area contributed by atoms with E-state index in [1.807, 2.05) is 41.1 Å². The molecule has 1 aliphatic carbocycles. The second kappa shape index (κ2) is 11.6. The number of hydrogen-bond acceptors (Lipinski definition) is 7. The number of hydrogen-bond donors (Lipinski definition) is 6. The Morgan fingerprint density at radius 1 is 1.03 bits per heavy atom. The standard InChI is InChI=1S/C26H36N4O7/c1-14-21(32)22(33)23(34)26(37-14)29-24(35)17-8-4-5-9-18(17)28-25(36)19(27-15(2)31)13-30-12-11-16-7-3-6-10-20(16)30/h3,6-7,10-12,14,17-19,21-23,26,32-34H,4-5,8-9,13H2,1-2H3,(H,27,31)(H,28,36)(H,29,35)/t14-,17-,18+,19+,21+,22+,23-,26+/m0/s1. The highest BCUT2D eigenvalue weighted by Gasteiger charge is 2.44. The molecule has 3 amide bonds. The first-order valence-corrected chi connectivity index (χ1v) is 12.8. The third kappa shape index (κ3) is 6.12. The molecule has 0 unspecified atom stereocenters. The molecule has 11 heteroatoms. The number of aliphatic hydroxyl groups is 3. The number of aliphatic hydroxyl groups excluding tert-OH is 3. The van der Waals surface area contributed by atoms with Crippen LogP contribution in [0.4, 0.5) is 0 Å². The van der Waals surface area contributed by atoms with E-state index in [2.05, 4.69) is 16.0 Å². The van der Waals surface area contributed by atoms with Crippen molar-refractivity contribution in [3.8, 4) is 0 Å². The molecule has 2 heterocycles. The Balaban J connectivity index is 1.44. The van der Waals surface area contributed by atoms with Crippen molar-refractivity contribution in [1.29, 1.82) is 0 Å². The van der Waals surface area contributed by atoms with Crippen molar-refractivity contribution in [3.63, 3.8) is 0 Å². The number of aromatic nitrogens is 1. The molecule has 1 aromatic carbocycles. The molecule has 1 aliphatic heterocycles. The molecule has 0 spiro atoms. The number of ether oxygens (including phenoxy) is 1. The fourth-order valence-corrected chi connectivity index (χ4v) is 5.25. The second-order valence-electron chi connectivity index (χ2n) is 10.0. The highest BCUT2D eigenvalue weighted by molar-refractivity contribution is 5.88. The summed E-state index contributed by atoms with van der Waals surface area (Å²) in [5.74, 6) is -1.73. The number of amides is 3. The van der Waals surface area contributed by atoms with Gasteiger partial charge in [-0.3, -0.25) is 14.4 Å². The summed E-state index contributed by atoms with van der Waals surface area (Å²) >= 11 is 0. The van der Waals surface area contributed by atoms with E-state index in [4.69, 9.17) is 4.74 Å². The summed E-state index contributed by atoms with van der Waals surface area (Å²) in [4.78, 5) is 38.4. The maximum Gasteiger partial charge on any atom is 0.244 e. The Bertz CT molecular complexity index is 1120. The zero-order valence-corrected chi connectivity index (χ0v) is 21.0. The minimum Gasteiger partial charge on any atom is -0.388 e. The second-order valence-corrected chi connectivity index (χ2v) is 10.0. The van der Waals surface area contributed by atoms with Crippen molar-refractivity contribution < 1.29 is 34.4 Å². The lowest BCUT2D eigenvalue weighted by Gasteiger charge is -2.40. The van der Waals surface area contributed by atoms with Crippen LogP contribution in [-0.4, -0.2) is 80.3 Å². The number of fused-ring (bicyclic) bond motifs is 1. The van der Waals surface area contributed by atoms with Gasteiger partial charge in [-0.05, 0) is 37.3 Å². The topological polar surface area (TPSA) is 162 Å². The highest BCUT2D eigenvalue weighted by Crippen LogP contribution is 2.26. The van der Waals surface area contributed by atoms with Gasteiger partial charge in [0.05, 0.1) is 18.6 Å². The number of rotatable bonds is 7. The van der Waals surface area contributed by atoms with Gasteiger partial charge in [0, 0.05) is 24.7 Å². The van der Waals surface area contributed by atoms with Gasteiger partial charge in [0.15, 0.2) is 6.23 Å². The average Bonchev–Trinajstić information content (AvgIpc) is 3.28. The maximum atomic E-state index is 13.3. The first-order chi connectivity index (χ1) is 17.7. The number of carbonyl (C=O) groups excluding carboxylic acids is 3. The van der Waals surface area contributed by atoms with Crippen molar-refractivity contribution in [2.75, 3.05) is 0 Å². The minimum absolute atomic E-state index is 0.225. The van der Waals surface area contributed by atoms with Crippen LogP contribution in [0.1, 0.15) is 39.5 Å². The van der Waals surface area contributed by atoms with Gasteiger partial charge >= 0.3 is 0 Å². The Labute approximate surface area is 215 Å². The number of carbonyl (C=O) groups is 3. The van der Waals surface area contributed by atoms with Gasteiger partial charge < -0.3 is 40.6 Å². The predicted molar refractivity (Wildman–Crippen MR) is 134 cm³/mol. The molecule has 2 aromatic rings. The van der Waals surface area contributed by atoms with Crippen molar-refractivity contribution in [3.05, 3.63) is 36.5 Å². The van der Waals surface area contributed by atoms with E-state index >= 15 is 0 Å². The third-order valence-electron chi connectivity index (χ3n) is 7.32. The quantitative estimate of drug-likeness (QED) is 0.296. The van der Waals surface area contributed by atoms with Gasteiger partial charge in [-0.25, -0.2) is 0 Å². The number of nitrogens with one attached hydrogen (secondary N) is 3. The number of para-hydroxylation sites is 1. The third-order valence-corrected chi connectivity index (χ3v) is 7.32. The first kappa shape index (κ1) is 27.1. The van der Waals surface area contributed by atoms with Crippen LogP contribution >= 0.6 is 0 Å². The summed E-state index contributed by atoms with van der Waals surface area (Å²) in [6.07, 6.45) is -1.61. The molecule has 1 aromatic heterocycles. The van der Waals surface area contributed by atoms with Crippen molar-refractivity contribution in [2.24, 2.45) is 5.92 Å². The molecule has 2 fully saturated rings. The number of benzene rings is 1.